The summed E-state index contributed by atoms with van der Waals surface area (Å²) in [6.45, 7) is 5.68. The molecule has 0 saturated carbocycles. The fourth-order valence-electron chi connectivity index (χ4n) is 3.26. The zero-order valence-electron chi connectivity index (χ0n) is 16.3. The van der Waals surface area contributed by atoms with E-state index < -0.39 is 5.54 Å². The van der Waals surface area contributed by atoms with Crippen molar-refractivity contribution in [3.63, 3.8) is 0 Å². The molecule has 0 unspecified atom stereocenters. The molecule has 3 rings (SSSR count). The monoisotopic (exact) mass is 393 g/mol. The second-order valence-electron chi connectivity index (χ2n) is 6.76. The highest BCUT2D eigenvalue weighted by Crippen LogP contribution is 2.35. The molecule has 0 bridgehead atoms. The van der Waals surface area contributed by atoms with Crippen molar-refractivity contribution >= 4 is 27.5 Å². The number of terminal acetylenes is 1. The molecule has 0 spiro atoms. The van der Waals surface area contributed by atoms with Crippen LogP contribution in [0.25, 0.3) is 20.7 Å². The highest BCUT2D eigenvalue weighted by Gasteiger charge is 2.25. The molecule has 1 N–H and O–H groups in total. The molecular weight excluding hydrogens is 370 g/mol. The molecule has 28 heavy (non-hydrogen) atoms. The lowest BCUT2D eigenvalue weighted by atomic mass is 9.94. The highest BCUT2D eigenvalue weighted by molar-refractivity contribution is 7.22. The smallest absolute Gasteiger partial charge is 0.262 e. The van der Waals surface area contributed by atoms with E-state index in [1.54, 1.807) is 0 Å². The van der Waals surface area contributed by atoms with Crippen LogP contribution in [0.15, 0.2) is 41.5 Å². The first kappa shape index (κ1) is 19.8. The fourth-order valence-corrected chi connectivity index (χ4v) is 4.41. The van der Waals surface area contributed by atoms with Crippen LogP contribution in [-0.4, -0.2) is 21.0 Å². The second-order valence-corrected chi connectivity index (χ2v) is 7.76. The number of fused-ring (bicyclic) bond motifs is 1. The minimum Gasteiger partial charge on any atom is -0.338 e. The molecule has 0 atom stereocenters. The largest absolute Gasteiger partial charge is 0.338 e. The van der Waals surface area contributed by atoms with Crippen LogP contribution in [0, 0.1) is 19.3 Å². The van der Waals surface area contributed by atoms with Gasteiger partial charge >= 0.3 is 0 Å². The van der Waals surface area contributed by atoms with Crippen LogP contribution in [0.4, 0.5) is 0 Å². The first-order chi connectivity index (χ1) is 13.4. The number of thiophene rings is 1. The average molecular weight is 394 g/mol. The third-order valence-electron chi connectivity index (χ3n) is 5.13. The average Bonchev–Trinajstić information content (AvgIpc) is 3.06. The molecule has 1 aromatic carbocycles. The second kappa shape index (κ2) is 7.99. The third kappa shape index (κ3) is 3.58. The lowest BCUT2D eigenvalue weighted by Gasteiger charge is -2.27. The van der Waals surface area contributed by atoms with Gasteiger partial charge in [-0.25, -0.2) is 4.98 Å². The number of aryl methyl sites for hydroxylation is 1. The van der Waals surface area contributed by atoms with E-state index >= 15 is 0 Å². The highest BCUT2D eigenvalue weighted by atomic mass is 32.1. The van der Waals surface area contributed by atoms with Gasteiger partial charge in [0.05, 0.1) is 11.7 Å². The maximum Gasteiger partial charge on any atom is 0.262 e. The van der Waals surface area contributed by atoms with Crippen LogP contribution in [0.2, 0.25) is 0 Å². The van der Waals surface area contributed by atoms with E-state index in [0.29, 0.717) is 23.1 Å². The minimum atomic E-state index is -0.684. The van der Waals surface area contributed by atoms with Crippen molar-refractivity contribution in [1.82, 2.24) is 14.9 Å². The van der Waals surface area contributed by atoms with Crippen molar-refractivity contribution in [3.8, 4) is 22.8 Å². The van der Waals surface area contributed by atoms with Crippen molar-refractivity contribution in [2.24, 2.45) is 0 Å². The Morgan fingerprint density at radius 3 is 2.57 bits per heavy atom. The molecule has 0 saturated heterocycles. The number of rotatable bonds is 6. The molecule has 0 radical (unpaired) electrons. The molecule has 0 aliphatic carbocycles. The van der Waals surface area contributed by atoms with Gasteiger partial charge in [-0.15, -0.1) is 17.8 Å². The summed E-state index contributed by atoms with van der Waals surface area (Å²) in [5, 5.41) is 3.45. The lowest BCUT2D eigenvalue weighted by molar-refractivity contribution is -0.123. The summed E-state index contributed by atoms with van der Waals surface area (Å²) < 4.78 is 1.35. The van der Waals surface area contributed by atoms with Crippen molar-refractivity contribution < 1.29 is 4.79 Å². The normalized spacial score (nSPS) is 11.4. The summed E-state index contributed by atoms with van der Waals surface area (Å²) in [7, 11) is 0. The van der Waals surface area contributed by atoms with E-state index in [1.165, 1.54) is 22.2 Å². The molecule has 0 fully saturated rings. The number of aromatic nitrogens is 2. The first-order valence-electron chi connectivity index (χ1n) is 9.27. The van der Waals surface area contributed by atoms with Gasteiger partial charge < -0.3 is 5.32 Å². The Morgan fingerprint density at radius 2 is 1.96 bits per heavy atom. The molecule has 2 aromatic heterocycles. The van der Waals surface area contributed by atoms with Crippen molar-refractivity contribution in [2.45, 2.75) is 45.7 Å². The van der Waals surface area contributed by atoms with Crippen LogP contribution in [0.3, 0.4) is 0 Å². The van der Waals surface area contributed by atoms with Crippen LogP contribution in [0.5, 0.6) is 0 Å². The van der Waals surface area contributed by atoms with Gasteiger partial charge in [-0.05, 0) is 30.9 Å². The predicted octanol–water partition coefficient (Wildman–Crippen LogP) is 3.74. The first-order valence-corrected chi connectivity index (χ1v) is 10.1. The SMILES string of the molecule is C#CC(CC)(CC)NC(=O)Cn1cnc2sc(-c3ccccc3)c(C)c2c1=O. The molecule has 6 heteroatoms. The standard InChI is InChI=1S/C22H23N3O2S/c1-5-22(6-2,7-3)24-17(26)13-25-14-23-20-18(21(25)27)15(4)19(28-20)16-11-9-8-10-12-16/h1,8-12,14H,6-7,13H2,2-4H3,(H,24,26). The minimum absolute atomic E-state index is 0.110. The fraction of sp³-hybridized carbons (Fsp3) is 0.318. The number of benzene rings is 1. The number of carbonyl (C=O) groups is 1. The molecule has 5 nitrogen and oxygen atoms in total. The van der Waals surface area contributed by atoms with E-state index in [9.17, 15) is 9.59 Å². The maximum atomic E-state index is 13.0. The lowest BCUT2D eigenvalue weighted by Crippen LogP contribution is -2.48. The molecule has 1 amide bonds. The number of amides is 1. The Balaban J connectivity index is 1.95. The summed E-state index contributed by atoms with van der Waals surface area (Å²) in [4.78, 5) is 31.6. The van der Waals surface area contributed by atoms with Gasteiger partial charge in [-0.3, -0.25) is 14.2 Å². The van der Waals surface area contributed by atoms with Gasteiger partial charge in [-0.2, -0.15) is 0 Å². The Kier molecular flexibility index (Phi) is 5.66. The van der Waals surface area contributed by atoms with Gasteiger partial charge in [-0.1, -0.05) is 50.1 Å². The summed E-state index contributed by atoms with van der Waals surface area (Å²) in [5.74, 6) is 2.38. The predicted molar refractivity (Wildman–Crippen MR) is 114 cm³/mol. The molecule has 0 aliphatic heterocycles. The van der Waals surface area contributed by atoms with Crippen molar-refractivity contribution in [2.75, 3.05) is 0 Å². The number of hydrogen-bond donors (Lipinski definition) is 1. The number of nitrogens with zero attached hydrogens (tertiary/aromatic N) is 2. The Bertz CT molecular complexity index is 1100. The maximum absolute atomic E-state index is 13.0. The molecule has 0 aliphatic rings. The molecular formula is C22H23N3O2S. The Hall–Kier alpha value is -2.91. The van der Waals surface area contributed by atoms with Crippen LogP contribution in [-0.2, 0) is 11.3 Å². The molecule has 3 aromatic rings. The summed E-state index contributed by atoms with van der Waals surface area (Å²) >= 11 is 1.49. The van der Waals surface area contributed by atoms with Gasteiger partial charge in [0.1, 0.15) is 16.9 Å². The third-order valence-corrected chi connectivity index (χ3v) is 6.38. The van der Waals surface area contributed by atoms with E-state index in [1.807, 2.05) is 51.1 Å². The van der Waals surface area contributed by atoms with E-state index in [0.717, 1.165) is 16.0 Å². The van der Waals surface area contributed by atoms with E-state index in [4.69, 9.17) is 6.42 Å². The molecule has 144 valence electrons. The zero-order chi connectivity index (χ0) is 20.3. The number of hydrogen-bond acceptors (Lipinski definition) is 4. The van der Waals surface area contributed by atoms with Gasteiger partial charge in [0.2, 0.25) is 5.91 Å². The Morgan fingerprint density at radius 1 is 1.29 bits per heavy atom. The van der Waals surface area contributed by atoms with E-state index in [-0.39, 0.29) is 18.0 Å². The van der Waals surface area contributed by atoms with Crippen molar-refractivity contribution in [1.29, 1.82) is 0 Å². The van der Waals surface area contributed by atoms with E-state index in [2.05, 4.69) is 16.2 Å². The van der Waals surface area contributed by atoms with Crippen molar-refractivity contribution in [3.05, 3.63) is 52.6 Å². The topological polar surface area (TPSA) is 64.0 Å². The van der Waals surface area contributed by atoms with Crippen LogP contribution >= 0.6 is 11.3 Å². The van der Waals surface area contributed by atoms with Gasteiger partial charge in [0.25, 0.3) is 5.56 Å². The summed E-state index contributed by atoms with van der Waals surface area (Å²) in [5.41, 5.74) is 1.04. The zero-order valence-corrected chi connectivity index (χ0v) is 17.1. The Labute approximate surface area is 168 Å². The summed E-state index contributed by atoms with van der Waals surface area (Å²) in [6, 6.07) is 9.92. The quantitative estimate of drug-likeness (QED) is 0.649. The van der Waals surface area contributed by atoms with Crippen LogP contribution in [0.1, 0.15) is 32.3 Å². The van der Waals surface area contributed by atoms with Crippen LogP contribution < -0.4 is 10.9 Å². The summed E-state index contributed by atoms with van der Waals surface area (Å²) in [6.07, 6.45) is 8.30. The number of carbonyl (C=O) groups excluding carboxylic acids is 1. The van der Waals surface area contributed by atoms with Gasteiger partial charge in [0.15, 0.2) is 0 Å². The number of nitrogens with one attached hydrogen (secondary N) is 1. The molecule has 2 heterocycles. The van der Waals surface area contributed by atoms with Gasteiger partial charge in [0, 0.05) is 4.88 Å².